The van der Waals surface area contributed by atoms with E-state index in [4.69, 9.17) is 0 Å². The van der Waals surface area contributed by atoms with Crippen molar-refractivity contribution in [2.45, 2.75) is 33.1 Å². The molecule has 2 heteroatoms. The van der Waals surface area contributed by atoms with E-state index in [9.17, 15) is 4.79 Å². The van der Waals surface area contributed by atoms with Gasteiger partial charge in [-0.15, -0.1) is 0 Å². The van der Waals surface area contributed by atoms with Crippen LogP contribution >= 0.6 is 15.9 Å². The number of halogens is 1. The molecule has 0 bridgehead atoms. The number of benzene rings is 1. The minimum Gasteiger partial charge on any atom is -0.300 e. The van der Waals surface area contributed by atoms with Gasteiger partial charge in [-0.05, 0) is 30.4 Å². The molecule has 0 aromatic heterocycles. The minimum atomic E-state index is 0.254. The molecule has 0 saturated carbocycles. The second-order valence-corrected chi connectivity index (χ2v) is 5.13. The van der Waals surface area contributed by atoms with Gasteiger partial charge in [-0.25, -0.2) is 0 Å². The molecular formula is C13H17BrO. The molecule has 0 heterocycles. The van der Waals surface area contributed by atoms with Crippen LogP contribution < -0.4 is 0 Å². The molecule has 1 aromatic carbocycles. The number of carbonyl (C=O) groups is 1. The normalized spacial score (nSPS) is 12.9. The highest BCUT2D eigenvalue weighted by Gasteiger charge is 2.19. The first kappa shape index (κ1) is 12.4. The van der Waals surface area contributed by atoms with Crippen LogP contribution in [0.15, 0.2) is 28.7 Å². The summed E-state index contributed by atoms with van der Waals surface area (Å²) in [4.78, 5) is 11.2. The molecule has 1 atom stereocenters. The Hall–Kier alpha value is -0.630. The van der Waals surface area contributed by atoms with E-state index in [0.29, 0.717) is 18.3 Å². The Morgan fingerprint density at radius 1 is 1.33 bits per heavy atom. The van der Waals surface area contributed by atoms with Crippen LogP contribution in [-0.2, 0) is 4.79 Å². The Balaban J connectivity index is 2.99. The smallest absolute Gasteiger partial charge is 0.130 e. The van der Waals surface area contributed by atoms with Crippen molar-refractivity contribution in [1.29, 1.82) is 0 Å². The van der Waals surface area contributed by atoms with Crippen molar-refractivity contribution in [3.05, 3.63) is 34.3 Å². The summed E-state index contributed by atoms with van der Waals surface area (Å²) in [5.74, 6) is 1.05. The highest BCUT2D eigenvalue weighted by Crippen LogP contribution is 2.33. The molecule has 0 fully saturated rings. The Kier molecular flexibility index (Phi) is 4.52. The van der Waals surface area contributed by atoms with Gasteiger partial charge >= 0.3 is 0 Å². The van der Waals surface area contributed by atoms with Crippen molar-refractivity contribution in [3.63, 3.8) is 0 Å². The minimum absolute atomic E-state index is 0.254. The van der Waals surface area contributed by atoms with Crippen molar-refractivity contribution in [1.82, 2.24) is 0 Å². The van der Waals surface area contributed by atoms with Gasteiger partial charge in [-0.3, -0.25) is 0 Å². The third kappa shape index (κ3) is 3.45. The second-order valence-electron chi connectivity index (χ2n) is 4.28. The van der Waals surface area contributed by atoms with Gasteiger partial charge in [0.15, 0.2) is 0 Å². The van der Waals surface area contributed by atoms with Crippen LogP contribution in [0.25, 0.3) is 0 Å². The fourth-order valence-electron chi connectivity index (χ4n) is 1.79. The standard InChI is InChI=1S/C13H17BrO/c1-9(2)12(8-10(3)15)11-6-4-5-7-13(11)14/h4-7,9,12H,8H2,1-3H3. The summed E-state index contributed by atoms with van der Waals surface area (Å²) < 4.78 is 1.10. The highest BCUT2D eigenvalue weighted by atomic mass is 79.9. The Bertz CT molecular complexity index is 344. The van der Waals surface area contributed by atoms with Crippen LogP contribution in [0.3, 0.4) is 0 Å². The Labute approximate surface area is 100 Å². The summed E-state index contributed by atoms with van der Waals surface area (Å²) in [6.45, 7) is 5.98. The highest BCUT2D eigenvalue weighted by molar-refractivity contribution is 9.10. The number of Topliss-reactive ketones (excluding diaryl/α,β-unsaturated/α-hetero) is 1. The maximum atomic E-state index is 11.2. The van der Waals surface area contributed by atoms with Crippen LogP contribution in [0.4, 0.5) is 0 Å². The van der Waals surface area contributed by atoms with Crippen molar-refractivity contribution in [2.24, 2.45) is 5.92 Å². The van der Waals surface area contributed by atoms with Crippen LogP contribution in [0.1, 0.15) is 38.7 Å². The van der Waals surface area contributed by atoms with Crippen molar-refractivity contribution in [3.8, 4) is 0 Å². The predicted octanol–water partition coefficient (Wildman–Crippen LogP) is 4.17. The summed E-state index contributed by atoms with van der Waals surface area (Å²) in [6, 6.07) is 8.15. The summed E-state index contributed by atoms with van der Waals surface area (Å²) >= 11 is 3.54. The molecule has 1 nitrogen and oxygen atoms in total. The average molecular weight is 269 g/mol. The molecule has 0 radical (unpaired) electrons. The third-order valence-electron chi connectivity index (χ3n) is 2.62. The fraction of sp³-hybridized carbons (Fsp3) is 0.462. The lowest BCUT2D eigenvalue weighted by Crippen LogP contribution is -2.11. The van der Waals surface area contributed by atoms with Crippen LogP contribution in [0, 0.1) is 5.92 Å². The molecule has 1 unspecified atom stereocenters. The van der Waals surface area contributed by atoms with Gasteiger partial charge < -0.3 is 4.79 Å². The summed E-state index contributed by atoms with van der Waals surface area (Å²) in [5.41, 5.74) is 1.24. The maximum Gasteiger partial charge on any atom is 0.130 e. The van der Waals surface area contributed by atoms with Crippen molar-refractivity contribution >= 4 is 21.7 Å². The van der Waals surface area contributed by atoms with Crippen LogP contribution in [0.2, 0.25) is 0 Å². The zero-order chi connectivity index (χ0) is 11.4. The summed E-state index contributed by atoms with van der Waals surface area (Å²) in [6.07, 6.45) is 0.625. The first-order valence-corrected chi connectivity index (χ1v) is 6.05. The van der Waals surface area contributed by atoms with E-state index < -0.39 is 0 Å². The van der Waals surface area contributed by atoms with Gasteiger partial charge in [0.05, 0.1) is 0 Å². The molecule has 0 spiro atoms. The van der Waals surface area contributed by atoms with Gasteiger partial charge in [0, 0.05) is 10.9 Å². The average Bonchev–Trinajstić information content (AvgIpc) is 2.15. The van der Waals surface area contributed by atoms with Crippen molar-refractivity contribution in [2.75, 3.05) is 0 Å². The first-order valence-electron chi connectivity index (χ1n) is 5.26. The lowest BCUT2D eigenvalue weighted by atomic mass is 9.85. The SMILES string of the molecule is CC(=O)CC(c1ccccc1Br)C(C)C. The lowest BCUT2D eigenvalue weighted by molar-refractivity contribution is -0.117. The number of rotatable bonds is 4. The Morgan fingerprint density at radius 3 is 2.40 bits per heavy atom. The third-order valence-corrected chi connectivity index (χ3v) is 3.34. The van der Waals surface area contributed by atoms with Gasteiger partial charge in [-0.1, -0.05) is 48.0 Å². The topological polar surface area (TPSA) is 17.1 Å². The maximum absolute atomic E-state index is 11.2. The van der Waals surface area contributed by atoms with E-state index in [-0.39, 0.29) is 5.78 Å². The van der Waals surface area contributed by atoms with Gasteiger partial charge in [-0.2, -0.15) is 0 Å². The quantitative estimate of drug-likeness (QED) is 0.801. The van der Waals surface area contributed by atoms with Gasteiger partial charge in [0.2, 0.25) is 0 Å². The molecular weight excluding hydrogens is 252 g/mol. The second kappa shape index (κ2) is 5.45. The first-order chi connectivity index (χ1) is 7.02. The van der Waals surface area contributed by atoms with E-state index in [1.165, 1.54) is 5.56 Å². The Morgan fingerprint density at radius 2 is 1.93 bits per heavy atom. The monoisotopic (exact) mass is 268 g/mol. The molecule has 0 amide bonds. The summed E-state index contributed by atoms with van der Waals surface area (Å²) in [7, 11) is 0. The molecule has 82 valence electrons. The molecule has 0 aliphatic carbocycles. The molecule has 15 heavy (non-hydrogen) atoms. The number of carbonyl (C=O) groups excluding carboxylic acids is 1. The summed E-state index contributed by atoms with van der Waals surface area (Å²) in [5, 5.41) is 0. The molecule has 0 N–H and O–H groups in total. The van der Waals surface area contributed by atoms with E-state index in [1.54, 1.807) is 6.92 Å². The molecule has 0 saturated heterocycles. The zero-order valence-electron chi connectivity index (χ0n) is 9.46. The number of hydrogen-bond acceptors (Lipinski definition) is 1. The fourth-order valence-corrected chi connectivity index (χ4v) is 2.37. The number of ketones is 1. The van der Waals surface area contributed by atoms with Gasteiger partial charge in [0.25, 0.3) is 0 Å². The lowest BCUT2D eigenvalue weighted by Gasteiger charge is -2.21. The molecule has 0 aliphatic heterocycles. The molecule has 0 aliphatic rings. The van der Waals surface area contributed by atoms with Crippen molar-refractivity contribution < 1.29 is 4.79 Å². The van der Waals surface area contributed by atoms with Gasteiger partial charge in [0.1, 0.15) is 5.78 Å². The van der Waals surface area contributed by atoms with Crippen LogP contribution in [0.5, 0.6) is 0 Å². The van der Waals surface area contributed by atoms with Crippen LogP contribution in [-0.4, -0.2) is 5.78 Å². The van der Waals surface area contributed by atoms with E-state index in [2.05, 4.69) is 35.8 Å². The van der Waals surface area contributed by atoms with E-state index >= 15 is 0 Å². The number of hydrogen-bond donors (Lipinski definition) is 0. The van der Waals surface area contributed by atoms with E-state index in [1.807, 2.05) is 18.2 Å². The predicted molar refractivity (Wildman–Crippen MR) is 67.0 cm³/mol. The molecule has 1 aromatic rings. The van der Waals surface area contributed by atoms with E-state index in [0.717, 1.165) is 4.47 Å². The zero-order valence-corrected chi connectivity index (χ0v) is 11.0. The molecule has 1 rings (SSSR count). The largest absolute Gasteiger partial charge is 0.300 e.